The number of benzene rings is 1. The standard InChI is InChI=1S/C17H20N2O2/c1-11-4-7-16(21-3)12(2)15(11)10-19-17(20)8-14(9-18-19)13-5-6-13/h4,7-9,13H,5-6,10H2,1-3H3. The number of hydrogen-bond donors (Lipinski definition) is 0. The van der Waals surface area contributed by atoms with Crippen molar-refractivity contribution in [3.63, 3.8) is 0 Å². The molecule has 0 radical (unpaired) electrons. The van der Waals surface area contributed by atoms with Crippen molar-refractivity contribution >= 4 is 0 Å². The van der Waals surface area contributed by atoms with Crippen molar-refractivity contribution in [1.82, 2.24) is 9.78 Å². The molecule has 0 N–H and O–H groups in total. The van der Waals surface area contributed by atoms with Gasteiger partial charge in [-0.05, 0) is 60.9 Å². The molecule has 1 fully saturated rings. The number of ether oxygens (including phenoxy) is 1. The van der Waals surface area contributed by atoms with E-state index in [4.69, 9.17) is 4.74 Å². The van der Waals surface area contributed by atoms with E-state index in [-0.39, 0.29) is 5.56 Å². The van der Waals surface area contributed by atoms with Gasteiger partial charge in [0.15, 0.2) is 0 Å². The molecule has 1 aliphatic carbocycles. The molecule has 1 saturated carbocycles. The molecule has 3 rings (SSSR count). The van der Waals surface area contributed by atoms with Crippen molar-refractivity contribution in [3.05, 3.63) is 57.0 Å². The minimum absolute atomic E-state index is 0.0268. The molecule has 0 spiro atoms. The van der Waals surface area contributed by atoms with Crippen LogP contribution in [-0.4, -0.2) is 16.9 Å². The Hall–Kier alpha value is -2.10. The van der Waals surface area contributed by atoms with Crippen LogP contribution in [0.5, 0.6) is 5.75 Å². The van der Waals surface area contributed by atoms with Gasteiger partial charge in [0.05, 0.1) is 19.9 Å². The molecule has 0 amide bonds. The smallest absolute Gasteiger partial charge is 0.267 e. The van der Waals surface area contributed by atoms with Gasteiger partial charge < -0.3 is 4.74 Å². The summed E-state index contributed by atoms with van der Waals surface area (Å²) in [5.41, 5.74) is 4.37. The molecule has 1 aliphatic rings. The summed E-state index contributed by atoms with van der Waals surface area (Å²) in [5, 5.41) is 4.34. The third-order valence-electron chi connectivity index (χ3n) is 4.25. The molecule has 0 atom stereocenters. The Morgan fingerprint density at radius 2 is 2.10 bits per heavy atom. The highest BCUT2D eigenvalue weighted by atomic mass is 16.5. The maximum absolute atomic E-state index is 12.2. The summed E-state index contributed by atoms with van der Waals surface area (Å²) in [4.78, 5) is 12.2. The molecule has 4 heteroatoms. The van der Waals surface area contributed by atoms with Crippen LogP contribution in [0.2, 0.25) is 0 Å². The highest BCUT2D eigenvalue weighted by Crippen LogP contribution is 2.38. The van der Waals surface area contributed by atoms with Crippen molar-refractivity contribution < 1.29 is 4.74 Å². The first kappa shape index (κ1) is 13.9. The zero-order valence-corrected chi connectivity index (χ0v) is 12.7. The van der Waals surface area contributed by atoms with Gasteiger partial charge in [-0.3, -0.25) is 4.79 Å². The van der Waals surface area contributed by atoms with Crippen LogP contribution < -0.4 is 10.3 Å². The van der Waals surface area contributed by atoms with Crippen LogP contribution in [0.4, 0.5) is 0 Å². The number of nitrogens with zero attached hydrogens (tertiary/aromatic N) is 2. The van der Waals surface area contributed by atoms with Crippen molar-refractivity contribution in [1.29, 1.82) is 0 Å². The highest BCUT2D eigenvalue weighted by molar-refractivity contribution is 5.43. The Bertz CT molecular complexity index is 730. The van der Waals surface area contributed by atoms with E-state index in [2.05, 4.69) is 5.10 Å². The Morgan fingerprint density at radius 1 is 1.33 bits per heavy atom. The topological polar surface area (TPSA) is 44.1 Å². The van der Waals surface area contributed by atoms with Crippen molar-refractivity contribution in [2.45, 2.75) is 39.2 Å². The normalized spacial score (nSPS) is 14.2. The first-order valence-corrected chi connectivity index (χ1v) is 7.30. The summed E-state index contributed by atoms with van der Waals surface area (Å²) in [6.45, 7) is 4.55. The second kappa shape index (κ2) is 5.35. The van der Waals surface area contributed by atoms with E-state index >= 15 is 0 Å². The average Bonchev–Trinajstić information content (AvgIpc) is 3.29. The van der Waals surface area contributed by atoms with E-state index in [1.165, 1.54) is 17.5 Å². The first-order valence-electron chi connectivity index (χ1n) is 7.30. The summed E-state index contributed by atoms with van der Waals surface area (Å²) in [5.74, 6) is 1.40. The summed E-state index contributed by atoms with van der Waals surface area (Å²) in [6, 6.07) is 5.71. The fourth-order valence-electron chi connectivity index (χ4n) is 2.69. The van der Waals surface area contributed by atoms with E-state index in [0.29, 0.717) is 12.5 Å². The largest absolute Gasteiger partial charge is 0.496 e. The molecule has 110 valence electrons. The van der Waals surface area contributed by atoms with Gasteiger partial charge in [0.2, 0.25) is 0 Å². The SMILES string of the molecule is COc1ccc(C)c(Cn2ncc(C3CC3)cc2=O)c1C. The third kappa shape index (κ3) is 2.71. The van der Waals surface area contributed by atoms with E-state index in [1.807, 2.05) is 32.2 Å². The van der Waals surface area contributed by atoms with Crippen molar-refractivity contribution in [3.8, 4) is 5.75 Å². The number of hydrogen-bond acceptors (Lipinski definition) is 3. The molecule has 0 aliphatic heterocycles. The summed E-state index contributed by atoms with van der Waals surface area (Å²) in [6.07, 6.45) is 4.20. The fourth-order valence-corrected chi connectivity index (χ4v) is 2.69. The van der Waals surface area contributed by atoms with Crippen LogP contribution in [0, 0.1) is 13.8 Å². The Morgan fingerprint density at radius 3 is 2.71 bits per heavy atom. The molecule has 21 heavy (non-hydrogen) atoms. The number of methoxy groups -OCH3 is 1. The van der Waals surface area contributed by atoms with E-state index < -0.39 is 0 Å². The van der Waals surface area contributed by atoms with E-state index in [0.717, 1.165) is 28.0 Å². The van der Waals surface area contributed by atoms with E-state index in [1.54, 1.807) is 13.2 Å². The van der Waals surface area contributed by atoms with Crippen LogP contribution in [0.3, 0.4) is 0 Å². The number of rotatable bonds is 4. The molecular weight excluding hydrogens is 264 g/mol. The van der Waals surface area contributed by atoms with Crippen LogP contribution in [0.25, 0.3) is 0 Å². The van der Waals surface area contributed by atoms with Gasteiger partial charge in [0, 0.05) is 6.07 Å². The van der Waals surface area contributed by atoms with Crippen LogP contribution >= 0.6 is 0 Å². The molecule has 0 unspecified atom stereocenters. The van der Waals surface area contributed by atoms with Gasteiger partial charge in [-0.2, -0.15) is 5.10 Å². The summed E-state index contributed by atoms with van der Waals surface area (Å²) < 4.78 is 6.89. The fraction of sp³-hybridized carbons (Fsp3) is 0.412. The minimum Gasteiger partial charge on any atom is -0.496 e. The predicted molar refractivity (Wildman–Crippen MR) is 82.0 cm³/mol. The predicted octanol–water partition coefficient (Wildman–Crippen LogP) is 2.79. The summed E-state index contributed by atoms with van der Waals surface area (Å²) in [7, 11) is 1.66. The maximum atomic E-state index is 12.2. The number of aromatic nitrogens is 2. The third-order valence-corrected chi connectivity index (χ3v) is 4.25. The quantitative estimate of drug-likeness (QED) is 0.867. The van der Waals surface area contributed by atoms with Gasteiger partial charge in [-0.25, -0.2) is 4.68 Å². The molecule has 4 nitrogen and oxygen atoms in total. The minimum atomic E-state index is -0.0268. The first-order chi connectivity index (χ1) is 10.1. The number of aryl methyl sites for hydroxylation is 1. The lowest BCUT2D eigenvalue weighted by Gasteiger charge is -2.14. The van der Waals surface area contributed by atoms with E-state index in [9.17, 15) is 4.79 Å². The Balaban J connectivity index is 1.95. The van der Waals surface area contributed by atoms with Crippen LogP contribution in [0.15, 0.2) is 29.2 Å². The Kier molecular flexibility index (Phi) is 3.53. The second-order valence-corrected chi connectivity index (χ2v) is 5.75. The average molecular weight is 284 g/mol. The second-order valence-electron chi connectivity index (χ2n) is 5.75. The molecule has 0 saturated heterocycles. The van der Waals surface area contributed by atoms with Gasteiger partial charge in [0.1, 0.15) is 5.75 Å². The highest BCUT2D eigenvalue weighted by Gasteiger charge is 2.24. The maximum Gasteiger partial charge on any atom is 0.267 e. The van der Waals surface area contributed by atoms with Gasteiger partial charge in [-0.1, -0.05) is 6.07 Å². The monoisotopic (exact) mass is 284 g/mol. The molecule has 0 bridgehead atoms. The summed E-state index contributed by atoms with van der Waals surface area (Å²) >= 11 is 0. The molecular formula is C17H20N2O2. The zero-order chi connectivity index (χ0) is 15.0. The lowest BCUT2D eigenvalue weighted by atomic mass is 10.0. The van der Waals surface area contributed by atoms with Gasteiger partial charge in [-0.15, -0.1) is 0 Å². The molecule has 1 aromatic heterocycles. The van der Waals surface area contributed by atoms with Crippen molar-refractivity contribution in [2.24, 2.45) is 0 Å². The Labute approximate surface area is 124 Å². The van der Waals surface area contributed by atoms with Gasteiger partial charge >= 0.3 is 0 Å². The molecule has 2 aromatic rings. The lowest BCUT2D eigenvalue weighted by Crippen LogP contribution is -2.24. The molecule has 1 aromatic carbocycles. The zero-order valence-electron chi connectivity index (χ0n) is 12.7. The van der Waals surface area contributed by atoms with Gasteiger partial charge in [0.25, 0.3) is 5.56 Å². The van der Waals surface area contributed by atoms with Crippen LogP contribution in [-0.2, 0) is 6.54 Å². The van der Waals surface area contributed by atoms with Crippen LogP contribution in [0.1, 0.15) is 41.0 Å². The van der Waals surface area contributed by atoms with Crippen molar-refractivity contribution in [2.75, 3.05) is 7.11 Å². The lowest BCUT2D eigenvalue weighted by molar-refractivity contribution is 0.410. The molecule has 1 heterocycles.